The average molecular weight is 456 g/mol. The van der Waals surface area contributed by atoms with Gasteiger partial charge in [-0.25, -0.2) is 8.42 Å². The zero-order valence-corrected chi connectivity index (χ0v) is 18.9. The van der Waals surface area contributed by atoms with Crippen LogP contribution in [0.15, 0.2) is 70.2 Å². The van der Waals surface area contributed by atoms with E-state index in [1.807, 2.05) is 0 Å². The lowest BCUT2D eigenvalue weighted by atomic mass is 10.1. The standard InChI is InChI=1S/C23H25N3O5S/c1-4-26(5-2)32(29,30)19-12-11-16(3)20(15-19)22(27)24-17-8-6-9-18(14-17)25-23(28)21-10-7-13-31-21/h6-15H,4-5H2,1-3H3,(H,24,27)(H,25,28). The van der Waals surface area contributed by atoms with Crippen LogP contribution in [0.4, 0.5) is 11.4 Å². The Morgan fingerprint density at radius 1 is 0.906 bits per heavy atom. The van der Waals surface area contributed by atoms with Gasteiger partial charge in [-0.05, 0) is 55.0 Å². The third kappa shape index (κ3) is 5.06. The van der Waals surface area contributed by atoms with Crippen LogP contribution >= 0.6 is 0 Å². The van der Waals surface area contributed by atoms with Gasteiger partial charge in [0.25, 0.3) is 11.8 Å². The molecule has 0 atom stereocenters. The summed E-state index contributed by atoms with van der Waals surface area (Å²) in [6.45, 7) is 5.94. The molecule has 2 N–H and O–H groups in total. The second kappa shape index (κ2) is 9.80. The fourth-order valence-corrected chi connectivity index (χ4v) is 4.68. The Morgan fingerprint density at radius 2 is 1.56 bits per heavy atom. The number of nitrogens with zero attached hydrogens (tertiary/aromatic N) is 1. The highest BCUT2D eigenvalue weighted by Crippen LogP contribution is 2.22. The molecule has 9 heteroatoms. The zero-order valence-electron chi connectivity index (χ0n) is 18.1. The van der Waals surface area contributed by atoms with Crippen molar-refractivity contribution in [2.45, 2.75) is 25.7 Å². The maximum Gasteiger partial charge on any atom is 0.291 e. The van der Waals surface area contributed by atoms with E-state index in [0.717, 1.165) is 0 Å². The highest BCUT2D eigenvalue weighted by atomic mass is 32.2. The number of carbonyl (C=O) groups is 2. The molecule has 0 bridgehead atoms. The number of carbonyl (C=O) groups excluding carboxylic acids is 2. The summed E-state index contributed by atoms with van der Waals surface area (Å²) in [6, 6.07) is 14.3. The van der Waals surface area contributed by atoms with Crippen LogP contribution in [0.2, 0.25) is 0 Å². The zero-order chi connectivity index (χ0) is 23.3. The Bertz CT molecular complexity index is 1220. The average Bonchev–Trinajstić information content (AvgIpc) is 3.30. The molecule has 1 heterocycles. The Hall–Kier alpha value is -3.43. The number of nitrogens with one attached hydrogen (secondary N) is 2. The highest BCUT2D eigenvalue weighted by Gasteiger charge is 2.23. The largest absolute Gasteiger partial charge is 0.459 e. The molecule has 0 aliphatic carbocycles. The Balaban J connectivity index is 1.81. The van der Waals surface area contributed by atoms with Crippen LogP contribution in [-0.2, 0) is 10.0 Å². The molecular weight excluding hydrogens is 430 g/mol. The SMILES string of the molecule is CCN(CC)S(=O)(=O)c1ccc(C)c(C(=O)Nc2cccc(NC(=O)c3ccco3)c2)c1. The van der Waals surface area contributed by atoms with Gasteiger partial charge in [-0.3, -0.25) is 9.59 Å². The van der Waals surface area contributed by atoms with Crippen molar-refractivity contribution in [1.82, 2.24) is 4.31 Å². The van der Waals surface area contributed by atoms with E-state index in [9.17, 15) is 18.0 Å². The molecule has 8 nitrogen and oxygen atoms in total. The Kier molecular flexibility index (Phi) is 7.12. The number of benzene rings is 2. The molecule has 0 saturated carbocycles. The van der Waals surface area contributed by atoms with Crippen molar-refractivity contribution in [2.75, 3.05) is 23.7 Å². The molecule has 0 fully saturated rings. The molecule has 168 valence electrons. The van der Waals surface area contributed by atoms with Gasteiger partial charge in [0.1, 0.15) is 0 Å². The van der Waals surface area contributed by atoms with Gasteiger partial charge < -0.3 is 15.1 Å². The minimum atomic E-state index is -3.69. The Labute approximate surface area is 187 Å². The van der Waals surface area contributed by atoms with Gasteiger partial charge in [-0.15, -0.1) is 0 Å². The van der Waals surface area contributed by atoms with Gasteiger partial charge in [-0.2, -0.15) is 4.31 Å². The molecule has 0 aliphatic rings. The van der Waals surface area contributed by atoms with Crippen LogP contribution in [0.1, 0.15) is 40.3 Å². The number of hydrogen-bond donors (Lipinski definition) is 2. The van der Waals surface area contributed by atoms with Crippen LogP contribution in [0.3, 0.4) is 0 Å². The highest BCUT2D eigenvalue weighted by molar-refractivity contribution is 7.89. The Morgan fingerprint density at radius 3 is 2.16 bits per heavy atom. The molecule has 2 aromatic carbocycles. The molecule has 0 saturated heterocycles. The monoisotopic (exact) mass is 455 g/mol. The molecule has 3 aromatic rings. The third-order valence-electron chi connectivity index (χ3n) is 4.92. The lowest BCUT2D eigenvalue weighted by Crippen LogP contribution is -2.30. The molecule has 1 aromatic heterocycles. The first-order valence-electron chi connectivity index (χ1n) is 10.1. The summed E-state index contributed by atoms with van der Waals surface area (Å²) in [5.41, 5.74) is 1.81. The summed E-state index contributed by atoms with van der Waals surface area (Å²) < 4.78 is 32.1. The lowest BCUT2D eigenvalue weighted by molar-refractivity contribution is 0.0995. The summed E-state index contributed by atoms with van der Waals surface area (Å²) in [5.74, 6) is -0.696. The number of rotatable bonds is 8. The number of furan rings is 1. The van der Waals surface area contributed by atoms with E-state index in [-0.39, 0.29) is 16.2 Å². The molecular formula is C23H25N3O5S. The topological polar surface area (TPSA) is 109 Å². The molecule has 0 unspecified atom stereocenters. The smallest absolute Gasteiger partial charge is 0.291 e. The molecule has 0 aliphatic heterocycles. The van der Waals surface area contributed by atoms with E-state index in [0.29, 0.717) is 30.0 Å². The van der Waals surface area contributed by atoms with Crippen LogP contribution in [0, 0.1) is 6.92 Å². The van der Waals surface area contributed by atoms with E-state index in [2.05, 4.69) is 10.6 Å². The van der Waals surface area contributed by atoms with Gasteiger partial charge in [0.05, 0.1) is 11.2 Å². The van der Waals surface area contributed by atoms with E-state index >= 15 is 0 Å². The van der Waals surface area contributed by atoms with Crippen LogP contribution in [0.25, 0.3) is 0 Å². The van der Waals surface area contributed by atoms with Crippen LogP contribution < -0.4 is 10.6 Å². The summed E-state index contributed by atoms with van der Waals surface area (Å²) >= 11 is 0. The van der Waals surface area contributed by atoms with Crippen molar-refractivity contribution in [3.05, 3.63) is 77.7 Å². The van der Waals surface area contributed by atoms with Gasteiger partial charge in [-0.1, -0.05) is 26.0 Å². The fraction of sp³-hybridized carbons (Fsp3) is 0.217. The summed E-state index contributed by atoms with van der Waals surface area (Å²) in [7, 11) is -3.69. The third-order valence-corrected chi connectivity index (χ3v) is 6.97. The molecule has 0 radical (unpaired) electrons. The predicted octanol–water partition coefficient (Wildman–Crippen LogP) is 4.12. The second-order valence-electron chi connectivity index (χ2n) is 7.03. The molecule has 2 amide bonds. The first-order valence-corrected chi connectivity index (χ1v) is 11.6. The van der Waals surface area contributed by atoms with E-state index < -0.39 is 21.8 Å². The number of sulfonamides is 1. The first-order chi connectivity index (χ1) is 15.3. The van der Waals surface area contributed by atoms with Crippen LogP contribution in [0.5, 0.6) is 0 Å². The number of amides is 2. The lowest BCUT2D eigenvalue weighted by Gasteiger charge is -2.19. The van der Waals surface area contributed by atoms with Crippen LogP contribution in [-0.4, -0.2) is 37.6 Å². The first kappa shape index (κ1) is 23.2. The number of hydrogen-bond acceptors (Lipinski definition) is 5. The van der Waals surface area contributed by atoms with Crippen molar-refractivity contribution >= 4 is 33.2 Å². The molecule has 0 spiro atoms. The summed E-state index contributed by atoms with van der Waals surface area (Å²) in [4.78, 5) is 25.1. The summed E-state index contributed by atoms with van der Waals surface area (Å²) in [5, 5.41) is 5.46. The van der Waals surface area contributed by atoms with Gasteiger partial charge in [0.15, 0.2) is 5.76 Å². The van der Waals surface area contributed by atoms with Crippen molar-refractivity contribution in [3.8, 4) is 0 Å². The normalized spacial score (nSPS) is 11.4. The van der Waals surface area contributed by atoms with E-state index in [1.165, 1.54) is 22.7 Å². The quantitative estimate of drug-likeness (QED) is 0.531. The van der Waals surface area contributed by atoms with Crippen molar-refractivity contribution in [2.24, 2.45) is 0 Å². The minimum absolute atomic E-state index is 0.0661. The minimum Gasteiger partial charge on any atom is -0.459 e. The molecule has 32 heavy (non-hydrogen) atoms. The number of anilines is 2. The molecule has 3 rings (SSSR count). The van der Waals surface area contributed by atoms with Gasteiger partial charge >= 0.3 is 0 Å². The van der Waals surface area contributed by atoms with Gasteiger partial charge in [0, 0.05) is 30.0 Å². The van der Waals surface area contributed by atoms with Crippen molar-refractivity contribution < 1.29 is 22.4 Å². The predicted molar refractivity (Wildman–Crippen MR) is 122 cm³/mol. The summed E-state index contributed by atoms with van der Waals surface area (Å²) in [6.07, 6.45) is 1.41. The maximum atomic E-state index is 12.9. The number of aryl methyl sites for hydroxylation is 1. The van der Waals surface area contributed by atoms with E-state index in [1.54, 1.807) is 63.2 Å². The fourth-order valence-electron chi connectivity index (χ4n) is 3.19. The van der Waals surface area contributed by atoms with E-state index in [4.69, 9.17) is 4.42 Å². The van der Waals surface area contributed by atoms with Gasteiger partial charge in [0.2, 0.25) is 10.0 Å². The maximum absolute atomic E-state index is 12.9. The van der Waals surface area contributed by atoms with Crippen molar-refractivity contribution in [3.63, 3.8) is 0 Å². The van der Waals surface area contributed by atoms with Crippen molar-refractivity contribution in [1.29, 1.82) is 0 Å². The second-order valence-corrected chi connectivity index (χ2v) is 8.97.